The molecule has 1 saturated heterocycles. The fourth-order valence-electron chi connectivity index (χ4n) is 1.93. The number of nitrogens with zero attached hydrogens (tertiary/aromatic N) is 5. The van der Waals surface area contributed by atoms with E-state index in [0.29, 0.717) is 0 Å². The van der Waals surface area contributed by atoms with Crippen LogP contribution < -0.4 is 10.2 Å². The molecule has 102 valence electrons. The Morgan fingerprint density at radius 1 is 1.21 bits per heavy atom. The van der Waals surface area contributed by atoms with E-state index in [4.69, 9.17) is 0 Å². The van der Waals surface area contributed by atoms with Gasteiger partial charge in [0.05, 0.1) is 0 Å². The van der Waals surface area contributed by atoms with E-state index in [9.17, 15) is 0 Å². The van der Waals surface area contributed by atoms with Crippen LogP contribution in [-0.2, 0) is 0 Å². The Morgan fingerprint density at radius 2 is 2.00 bits per heavy atom. The molecular formula is C11H16N6S2. The van der Waals surface area contributed by atoms with Crippen molar-refractivity contribution in [3.63, 3.8) is 0 Å². The molecule has 8 heteroatoms. The van der Waals surface area contributed by atoms with Crippen LogP contribution >= 0.6 is 22.7 Å². The van der Waals surface area contributed by atoms with Crippen molar-refractivity contribution < 1.29 is 0 Å². The van der Waals surface area contributed by atoms with Crippen LogP contribution in [0.2, 0.25) is 0 Å². The van der Waals surface area contributed by atoms with E-state index in [2.05, 4.69) is 42.7 Å². The van der Waals surface area contributed by atoms with Gasteiger partial charge in [-0.3, -0.25) is 0 Å². The van der Waals surface area contributed by atoms with Gasteiger partial charge < -0.3 is 15.1 Å². The van der Waals surface area contributed by atoms with E-state index in [1.165, 1.54) is 11.3 Å². The molecule has 0 saturated carbocycles. The maximum Gasteiger partial charge on any atom is 0.205 e. The average molecular weight is 296 g/mol. The Morgan fingerprint density at radius 3 is 2.68 bits per heavy atom. The van der Waals surface area contributed by atoms with Crippen LogP contribution in [-0.4, -0.2) is 60.4 Å². The third kappa shape index (κ3) is 2.70. The summed E-state index contributed by atoms with van der Waals surface area (Å²) in [5.41, 5.74) is 0.929. The summed E-state index contributed by atoms with van der Waals surface area (Å²) in [6, 6.07) is 0. The standard InChI is InChI=1S/C11H16N6S2/c1-12-10-15-14-9(19-10)8-7-18-11(13-8)17-5-3-16(2)4-6-17/h7H,3-6H2,1-2H3,(H,12,15). The highest BCUT2D eigenvalue weighted by Crippen LogP contribution is 2.30. The van der Waals surface area contributed by atoms with E-state index < -0.39 is 0 Å². The van der Waals surface area contributed by atoms with E-state index in [0.717, 1.165) is 47.1 Å². The SMILES string of the molecule is CNc1nnc(-c2csc(N3CCN(C)CC3)n2)s1. The first-order chi connectivity index (χ1) is 9.26. The summed E-state index contributed by atoms with van der Waals surface area (Å²) < 4.78 is 0. The second-order valence-electron chi connectivity index (χ2n) is 4.47. The lowest BCUT2D eigenvalue weighted by molar-refractivity contribution is 0.313. The Kier molecular flexibility index (Phi) is 3.63. The molecule has 0 aromatic carbocycles. The molecule has 1 fully saturated rings. The van der Waals surface area contributed by atoms with Crippen molar-refractivity contribution in [3.05, 3.63) is 5.38 Å². The van der Waals surface area contributed by atoms with Gasteiger partial charge in [-0.25, -0.2) is 4.98 Å². The Labute approximate surface area is 120 Å². The fourth-order valence-corrected chi connectivity index (χ4v) is 3.53. The summed E-state index contributed by atoms with van der Waals surface area (Å²) in [5.74, 6) is 0. The van der Waals surface area contributed by atoms with Crippen LogP contribution in [0.25, 0.3) is 10.7 Å². The molecule has 3 heterocycles. The molecule has 1 aliphatic heterocycles. The third-order valence-corrected chi connectivity index (χ3v) is 4.99. The van der Waals surface area contributed by atoms with Crippen molar-refractivity contribution in [1.82, 2.24) is 20.1 Å². The molecule has 0 atom stereocenters. The molecule has 0 aliphatic carbocycles. The highest BCUT2D eigenvalue weighted by Gasteiger charge is 2.18. The number of hydrogen-bond donors (Lipinski definition) is 1. The van der Waals surface area contributed by atoms with Crippen molar-refractivity contribution in [2.45, 2.75) is 0 Å². The van der Waals surface area contributed by atoms with Crippen molar-refractivity contribution >= 4 is 32.9 Å². The Hall–Kier alpha value is -1.25. The minimum absolute atomic E-state index is 0.823. The maximum atomic E-state index is 4.68. The number of hydrogen-bond acceptors (Lipinski definition) is 8. The molecule has 2 aromatic rings. The van der Waals surface area contributed by atoms with Crippen LogP contribution in [0, 0.1) is 0 Å². The zero-order valence-corrected chi connectivity index (χ0v) is 12.6. The third-order valence-electron chi connectivity index (χ3n) is 3.12. The minimum atomic E-state index is 0.823. The zero-order valence-electron chi connectivity index (χ0n) is 11.0. The van der Waals surface area contributed by atoms with Gasteiger partial charge in [-0.2, -0.15) is 0 Å². The lowest BCUT2D eigenvalue weighted by Crippen LogP contribution is -2.44. The molecule has 2 aromatic heterocycles. The van der Waals surface area contributed by atoms with Gasteiger partial charge in [-0.1, -0.05) is 11.3 Å². The fraction of sp³-hybridized carbons (Fsp3) is 0.545. The summed E-state index contributed by atoms with van der Waals surface area (Å²) >= 11 is 3.21. The Balaban J connectivity index is 1.75. The summed E-state index contributed by atoms with van der Waals surface area (Å²) in [6.07, 6.45) is 0. The van der Waals surface area contributed by atoms with Gasteiger partial charge in [0, 0.05) is 38.6 Å². The largest absolute Gasteiger partial charge is 0.363 e. The van der Waals surface area contributed by atoms with Crippen LogP contribution in [0.4, 0.5) is 10.3 Å². The van der Waals surface area contributed by atoms with Crippen LogP contribution in [0.5, 0.6) is 0 Å². The second-order valence-corrected chi connectivity index (χ2v) is 6.28. The van der Waals surface area contributed by atoms with Crippen LogP contribution in [0.1, 0.15) is 0 Å². The highest BCUT2D eigenvalue weighted by molar-refractivity contribution is 7.19. The molecule has 1 aliphatic rings. The van der Waals surface area contributed by atoms with Crippen molar-refractivity contribution in [3.8, 4) is 10.7 Å². The second kappa shape index (κ2) is 5.40. The molecule has 0 bridgehead atoms. The molecule has 19 heavy (non-hydrogen) atoms. The molecule has 1 N–H and O–H groups in total. The van der Waals surface area contributed by atoms with Crippen molar-refractivity contribution in [1.29, 1.82) is 0 Å². The van der Waals surface area contributed by atoms with Gasteiger partial charge >= 0.3 is 0 Å². The van der Waals surface area contributed by atoms with Crippen molar-refractivity contribution in [2.75, 3.05) is 50.5 Å². The monoisotopic (exact) mass is 296 g/mol. The predicted molar refractivity (Wildman–Crippen MR) is 80.3 cm³/mol. The van der Waals surface area contributed by atoms with Gasteiger partial charge in [0.1, 0.15) is 5.69 Å². The number of likely N-dealkylation sites (N-methyl/N-ethyl adjacent to an activating group) is 1. The molecule has 0 spiro atoms. The van der Waals surface area contributed by atoms with E-state index in [-0.39, 0.29) is 0 Å². The quantitative estimate of drug-likeness (QED) is 0.925. The Bertz CT molecular complexity index is 543. The molecule has 0 unspecified atom stereocenters. The molecule has 3 rings (SSSR count). The van der Waals surface area contributed by atoms with E-state index >= 15 is 0 Å². The van der Waals surface area contributed by atoms with Crippen LogP contribution in [0.3, 0.4) is 0 Å². The van der Waals surface area contributed by atoms with Crippen molar-refractivity contribution in [2.24, 2.45) is 0 Å². The lowest BCUT2D eigenvalue weighted by Gasteiger charge is -2.32. The summed E-state index contributed by atoms with van der Waals surface area (Å²) in [4.78, 5) is 9.37. The first-order valence-electron chi connectivity index (χ1n) is 6.17. The van der Waals surface area contributed by atoms with E-state index in [1.54, 1.807) is 11.3 Å². The normalized spacial score (nSPS) is 16.8. The number of anilines is 2. The number of aromatic nitrogens is 3. The lowest BCUT2D eigenvalue weighted by atomic mass is 10.3. The zero-order chi connectivity index (χ0) is 13.2. The first-order valence-corrected chi connectivity index (χ1v) is 7.86. The summed E-state index contributed by atoms with van der Waals surface area (Å²) in [6.45, 7) is 4.28. The molecule has 0 radical (unpaired) electrons. The minimum Gasteiger partial charge on any atom is -0.363 e. The first kappa shape index (κ1) is 12.8. The smallest absolute Gasteiger partial charge is 0.205 e. The molecular weight excluding hydrogens is 280 g/mol. The number of piperazine rings is 1. The summed E-state index contributed by atoms with van der Waals surface area (Å²) in [7, 11) is 4.01. The summed E-state index contributed by atoms with van der Waals surface area (Å²) in [5, 5.41) is 16.0. The predicted octanol–water partition coefficient (Wildman–Crippen LogP) is 1.46. The van der Waals surface area contributed by atoms with Gasteiger partial charge in [-0.05, 0) is 7.05 Å². The highest BCUT2D eigenvalue weighted by atomic mass is 32.1. The molecule has 0 amide bonds. The maximum absolute atomic E-state index is 4.68. The number of nitrogens with one attached hydrogen (secondary N) is 1. The van der Waals surface area contributed by atoms with E-state index in [1.807, 2.05) is 7.05 Å². The number of thiazole rings is 1. The average Bonchev–Trinajstić information content (AvgIpc) is 3.08. The van der Waals surface area contributed by atoms with Crippen LogP contribution in [0.15, 0.2) is 5.38 Å². The number of rotatable bonds is 3. The van der Waals surface area contributed by atoms with Gasteiger partial charge in [0.15, 0.2) is 10.1 Å². The van der Waals surface area contributed by atoms with Gasteiger partial charge in [0.2, 0.25) is 5.13 Å². The topological polar surface area (TPSA) is 57.2 Å². The van der Waals surface area contributed by atoms with Gasteiger partial charge in [-0.15, -0.1) is 21.5 Å². The van der Waals surface area contributed by atoms with Gasteiger partial charge in [0.25, 0.3) is 0 Å². The molecule has 6 nitrogen and oxygen atoms in total.